The molecule has 2 aromatic rings. The molecule has 0 aliphatic rings. The van der Waals surface area contributed by atoms with E-state index < -0.39 is 6.10 Å². The van der Waals surface area contributed by atoms with Crippen molar-refractivity contribution in [3.8, 4) is 11.5 Å². The molecule has 8 nitrogen and oxygen atoms in total. The lowest BCUT2D eigenvalue weighted by Gasteiger charge is -2.20. The number of carbonyl (C=O) groups is 1. The Bertz CT molecular complexity index is 886. The van der Waals surface area contributed by atoms with Gasteiger partial charge in [-0.3, -0.25) is 15.0 Å². The van der Waals surface area contributed by atoms with Gasteiger partial charge in [-0.2, -0.15) is 9.78 Å². The van der Waals surface area contributed by atoms with Crippen molar-refractivity contribution in [2.45, 2.75) is 20.0 Å². The first kappa shape index (κ1) is 19.9. The number of rotatable bonds is 7. The topological polar surface area (TPSA) is 87.6 Å². The SMILES string of the molecule is CCOc1cc(/C=N\n2c(=S)[nH][nH]c2=S)ccc1O[C@@H](C)C(=O)N(C)C. The Morgan fingerprint density at radius 1 is 1.31 bits per heavy atom. The van der Waals surface area contributed by atoms with E-state index in [1.54, 1.807) is 45.4 Å². The molecule has 0 saturated heterocycles. The summed E-state index contributed by atoms with van der Waals surface area (Å²) >= 11 is 10.2. The number of aromatic nitrogens is 3. The van der Waals surface area contributed by atoms with E-state index in [9.17, 15) is 4.79 Å². The fourth-order valence-corrected chi connectivity index (χ4v) is 2.55. The normalized spacial score (nSPS) is 12.2. The highest BCUT2D eigenvalue weighted by Gasteiger charge is 2.18. The van der Waals surface area contributed by atoms with Crippen LogP contribution in [0.4, 0.5) is 0 Å². The van der Waals surface area contributed by atoms with Crippen molar-refractivity contribution in [3.05, 3.63) is 33.3 Å². The van der Waals surface area contributed by atoms with Gasteiger partial charge < -0.3 is 14.4 Å². The van der Waals surface area contributed by atoms with Crippen LogP contribution in [0.5, 0.6) is 11.5 Å². The van der Waals surface area contributed by atoms with Crippen LogP contribution in [0.25, 0.3) is 0 Å². The largest absolute Gasteiger partial charge is 0.490 e. The lowest BCUT2D eigenvalue weighted by Crippen LogP contribution is -2.35. The molecular formula is C16H21N5O3S2. The summed E-state index contributed by atoms with van der Waals surface area (Å²) in [5.74, 6) is 0.883. The number of nitrogens with one attached hydrogen (secondary N) is 2. The number of H-pyrrole nitrogens is 2. The Hall–Kier alpha value is -2.46. The molecule has 2 N–H and O–H groups in total. The van der Waals surface area contributed by atoms with Crippen molar-refractivity contribution in [2.24, 2.45) is 5.10 Å². The third-order valence-corrected chi connectivity index (χ3v) is 3.89. The van der Waals surface area contributed by atoms with Crippen LogP contribution in [-0.2, 0) is 4.79 Å². The number of nitrogens with zero attached hydrogens (tertiary/aromatic N) is 3. The van der Waals surface area contributed by atoms with Gasteiger partial charge in [-0.25, -0.2) is 0 Å². The first-order valence-corrected chi connectivity index (χ1v) is 8.73. The Balaban J connectivity index is 2.26. The van der Waals surface area contributed by atoms with Crippen molar-refractivity contribution in [3.63, 3.8) is 0 Å². The van der Waals surface area contributed by atoms with Crippen LogP contribution >= 0.6 is 24.4 Å². The fraction of sp³-hybridized carbons (Fsp3) is 0.375. The first-order chi connectivity index (χ1) is 12.3. The molecule has 1 atom stereocenters. The molecule has 1 aromatic heterocycles. The third-order valence-electron chi connectivity index (χ3n) is 3.34. The van der Waals surface area contributed by atoms with Gasteiger partial charge in [-0.15, -0.1) is 0 Å². The summed E-state index contributed by atoms with van der Waals surface area (Å²) in [5.41, 5.74) is 0.768. The van der Waals surface area contributed by atoms with E-state index in [0.717, 1.165) is 5.56 Å². The van der Waals surface area contributed by atoms with E-state index >= 15 is 0 Å². The summed E-state index contributed by atoms with van der Waals surface area (Å²) in [5, 5.41) is 9.66. The number of benzene rings is 1. The Labute approximate surface area is 161 Å². The number of aromatic amines is 2. The highest BCUT2D eigenvalue weighted by molar-refractivity contribution is 7.72. The summed E-state index contributed by atoms with van der Waals surface area (Å²) in [4.78, 5) is 13.5. The quantitative estimate of drug-likeness (QED) is 0.556. The summed E-state index contributed by atoms with van der Waals surface area (Å²) < 4.78 is 13.5. The van der Waals surface area contributed by atoms with Gasteiger partial charge in [0.2, 0.25) is 9.54 Å². The standard InChI is InChI=1S/C16H21N5O3S2/c1-5-23-13-8-11(9-17-21-15(25)18-19-16(21)26)6-7-12(13)24-10(2)14(22)20(3)4/h6-10H,5H2,1-4H3,(H,18,25)(H,19,26)/b17-9-/t10-/m0/s1. The highest BCUT2D eigenvalue weighted by Crippen LogP contribution is 2.29. The Kier molecular flexibility index (Phi) is 6.70. The molecule has 10 heteroatoms. The maximum absolute atomic E-state index is 12.0. The second-order valence-electron chi connectivity index (χ2n) is 5.55. The molecule has 0 aliphatic carbocycles. The van der Waals surface area contributed by atoms with Crippen LogP contribution in [0.1, 0.15) is 19.4 Å². The molecule has 0 saturated carbocycles. The van der Waals surface area contributed by atoms with E-state index in [1.165, 1.54) is 9.58 Å². The van der Waals surface area contributed by atoms with Crippen LogP contribution in [-0.4, -0.2) is 58.7 Å². The predicted molar refractivity (Wildman–Crippen MR) is 104 cm³/mol. The minimum atomic E-state index is -0.625. The average molecular weight is 396 g/mol. The number of hydrogen-bond donors (Lipinski definition) is 2. The third kappa shape index (κ3) is 4.79. The van der Waals surface area contributed by atoms with Gasteiger partial charge in [0.25, 0.3) is 5.91 Å². The van der Waals surface area contributed by atoms with Crippen LogP contribution < -0.4 is 9.47 Å². The summed E-state index contributed by atoms with van der Waals surface area (Å²) in [7, 11) is 3.37. The van der Waals surface area contributed by atoms with E-state index in [4.69, 9.17) is 33.9 Å². The van der Waals surface area contributed by atoms with E-state index in [-0.39, 0.29) is 5.91 Å². The molecule has 2 rings (SSSR count). The molecule has 140 valence electrons. The maximum atomic E-state index is 12.0. The lowest BCUT2D eigenvalue weighted by molar-refractivity contribution is -0.135. The maximum Gasteiger partial charge on any atom is 0.262 e. The van der Waals surface area contributed by atoms with Gasteiger partial charge >= 0.3 is 0 Å². The molecule has 26 heavy (non-hydrogen) atoms. The zero-order valence-corrected chi connectivity index (χ0v) is 16.6. The average Bonchev–Trinajstić information content (AvgIpc) is 2.92. The molecule has 1 amide bonds. The fourth-order valence-electron chi connectivity index (χ4n) is 2.11. The van der Waals surface area contributed by atoms with Crippen molar-refractivity contribution in [1.82, 2.24) is 19.8 Å². The van der Waals surface area contributed by atoms with Gasteiger partial charge in [0.1, 0.15) is 0 Å². The lowest BCUT2D eigenvalue weighted by atomic mass is 10.2. The van der Waals surface area contributed by atoms with Crippen LogP contribution in [0.3, 0.4) is 0 Å². The van der Waals surface area contributed by atoms with Gasteiger partial charge in [-0.1, -0.05) is 0 Å². The number of amides is 1. The minimum absolute atomic E-state index is 0.130. The minimum Gasteiger partial charge on any atom is -0.490 e. The molecular weight excluding hydrogens is 374 g/mol. The van der Waals surface area contributed by atoms with Crippen LogP contribution in [0.15, 0.2) is 23.3 Å². The molecule has 1 heterocycles. The van der Waals surface area contributed by atoms with E-state index in [2.05, 4.69) is 15.3 Å². The molecule has 0 unspecified atom stereocenters. The van der Waals surface area contributed by atoms with Crippen molar-refractivity contribution in [2.75, 3.05) is 20.7 Å². The van der Waals surface area contributed by atoms with Crippen molar-refractivity contribution in [1.29, 1.82) is 0 Å². The number of hydrogen-bond acceptors (Lipinski definition) is 6. The molecule has 0 aliphatic heterocycles. The number of likely N-dealkylation sites (N-methyl/N-ethyl adjacent to an activating group) is 1. The van der Waals surface area contributed by atoms with Gasteiger partial charge in [0, 0.05) is 14.1 Å². The number of carbonyl (C=O) groups excluding carboxylic acids is 1. The second kappa shape index (κ2) is 8.77. The molecule has 1 aromatic carbocycles. The van der Waals surface area contributed by atoms with E-state index in [0.29, 0.717) is 27.6 Å². The zero-order valence-electron chi connectivity index (χ0n) is 15.0. The van der Waals surface area contributed by atoms with Crippen LogP contribution in [0, 0.1) is 9.54 Å². The Morgan fingerprint density at radius 3 is 2.54 bits per heavy atom. The van der Waals surface area contributed by atoms with E-state index in [1.807, 2.05) is 6.92 Å². The second-order valence-corrected chi connectivity index (χ2v) is 6.32. The van der Waals surface area contributed by atoms with Crippen molar-refractivity contribution >= 4 is 36.6 Å². The molecule has 0 bridgehead atoms. The Morgan fingerprint density at radius 2 is 1.96 bits per heavy atom. The molecule has 0 radical (unpaired) electrons. The van der Waals surface area contributed by atoms with Gasteiger partial charge in [0.05, 0.1) is 12.8 Å². The monoisotopic (exact) mass is 395 g/mol. The zero-order chi connectivity index (χ0) is 19.3. The summed E-state index contributed by atoms with van der Waals surface area (Å²) in [6.07, 6.45) is 0.980. The van der Waals surface area contributed by atoms with Crippen molar-refractivity contribution < 1.29 is 14.3 Å². The molecule has 0 spiro atoms. The first-order valence-electron chi connectivity index (χ1n) is 7.92. The summed E-state index contributed by atoms with van der Waals surface area (Å²) in [6, 6.07) is 5.32. The van der Waals surface area contributed by atoms with Crippen LogP contribution in [0.2, 0.25) is 0 Å². The smallest absolute Gasteiger partial charge is 0.262 e. The summed E-state index contributed by atoms with van der Waals surface area (Å²) in [6.45, 7) is 4.03. The molecule has 0 fully saturated rings. The number of ether oxygens (including phenoxy) is 2. The predicted octanol–water partition coefficient (Wildman–Crippen LogP) is 2.74. The van der Waals surface area contributed by atoms with Gasteiger partial charge in [-0.05, 0) is 62.0 Å². The highest BCUT2D eigenvalue weighted by atomic mass is 32.1. The van der Waals surface area contributed by atoms with Gasteiger partial charge in [0.15, 0.2) is 17.6 Å².